The molecule has 0 spiro atoms. The maximum Gasteiger partial charge on any atom is 0.0489 e. The van der Waals surface area contributed by atoms with Gasteiger partial charge in [-0.2, -0.15) is 0 Å². The number of nitrogens with zero attached hydrogens (tertiary/aromatic N) is 1. The van der Waals surface area contributed by atoms with Gasteiger partial charge in [0.05, 0.1) is 0 Å². The molecule has 0 bridgehead atoms. The van der Waals surface area contributed by atoms with Crippen LogP contribution in [0, 0.1) is 5.92 Å². The van der Waals surface area contributed by atoms with Gasteiger partial charge in [0, 0.05) is 23.6 Å². The Kier molecular flexibility index (Phi) is 4.53. The van der Waals surface area contributed by atoms with Crippen molar-refractivity contribution < 1.29 is 0 Å². The van der Waals surface area contributed by atoms with E-state index >= 15 is 0 Å². The lowest BCUT2D eigenvalue weighted by atomic mass is 9.98. The summed E-state index contributed by atoms with van der Waals surface area (Å²) in [6.07, 6.45) is 2.30. The Morgan fingerprint density at radius 3 is 2.35 bits per heavy atom. The van der Waals surface area contributed by atoms with Gasteiger partial charge in [-0.25, -0.2) is 0 Å². The number of rotatable bonds is 5. The molecule has 0 radical (unpaired) electrons. The lowest BCUT2D eigenvalue weighted by Gasteiger charge is -2.09. The smallest absolute Gasteiger partial charge is 0.0489 e. The Labute approximate surface area is 138 Å². The van der Waals surface area contributed by atoms with Gasteiger partial charge in [-0.3, -0.25) is 0 Å². The average molecular weight is 306 g/mol. The minimum Gasteiger partial charge on any atom is -0.347 e. The van der Waals surface area contributed by atoms with Gasteiger partial charge in [0.15, 0.2) is 0 Å². The first-order valence-electron chi connectivity index (χ1n) is 8.48. The summed E-state index contributed by atoms with van der Waals surface area (Å²) >= 11 is 0. The van der Waals surface area contributed by atoms with Gasteiger partial charge >= 0.3 is 0 Å². The van der Waals surface area contributed by atoms with E-state index in [2.05, 4.69) is 80.1 Å². The van der Waals surface area contributed by atoms with E-state index in [9.17, 15) is 0 Å². The fourth-order valence-corrected chi connectivity index (χ4v) is 3.19. The third kappa shape index (κ3) is 3.18. The Morgan fingerprint density at radius 1 is 0.957 bits per heavy atom. The molecular weight excluding hydrogens is 280 g/mol. The first kappa shape index (κ1) is 15.8. The van der Waals surface area contributed by atoms with Gasteiger partial charge in [0.25, 0.3) is 0 Å². The first-order valence-corrected chi connectivity index (χ1v) is 8.48. The molecule has 0 aliphatic rings. The third-order valence-electron chi connectivity index (χ3n) is 4.47. The summed E-state index contributed by atoms with van der Waals surface area (Å²) in [5.74, 6) is 1.00. The molecule has 1 unspecified atom stereocenters. The first-order chi connectivity index (χ1) is 11.1. The topological polar surface area (TPSA) is 30.9 Å². The highest BCUT2D eigenvalue weighted by Crippen LogP contribution is 2.31. The molecule has 1 aromatic heterocycles. The minimum atomic E-state index is 0.383. The average Bonchev–Trinajstić information content (AvgIpc) is 2.92. The highest BCUT2D eigenvalue weighted by molar-refractivity contribution is 5.88. The highest BCUT2D eigenvalue weighted by Gasteiger charge is 2.14. The molecule has 0 saturated heterocycles. The molecule has 0 amide bonds. The number of benzene rings is 2. The lowest BCUT2D eigenvalue weighted by Crippen LogP contribution is -2.08. The van der Waals surface area contributed by atoms with Gasteiger partial charge < -0.3 is 10.3 Å². The Bertz CT molecular complexity index is 784. The van der Waals surface area contributed by atoms with Gasteiger partial charge in [-0.15, -0.1) is 0 Å². The zero-order valence-electron chi connectivity index (χ0n) is 14.3. The minimum absolute atomic E-state index is 0.383. The van der Waals surface area contributed by atoms with Crippen LogP contribution in [0.4, 0.5) is 0 Å². The number of fused-ring (bicyclic) bond motifs is 1. The third-order valence-corrected chi connectivity index (χ3v) is 4.47. The largest absolute Gasteiger partial charge is 0.347 e. The van der Waals surface area contributed by atoms with E-state index < -0.39 is 0 Å². The van der Waals surface area contributed by atoms with E-state index in [0.717, 1.165) is 6.54 Å². The molecular formula is C21H26N2. The zero-order valence-corrected chi connectivity index (χ0v) is 14.3. The summed E-state index contributed by atoms with van der Waals surface area (Å²) in [5, 5.41) is 1.34. The monoisotopic (exact) mass is 306 g/mol. The van der Waals surface area contributed by atoms with Crippen molar-refractivity contribution in [2.45, 2.75) is 33.2 Å². The molecule has 2 nitrogen and oxygen atoms in total. The van der Waals surface area contributed by atoms with Crippen molar-refractivity contribution in [2.75, 3.05) is 6.54 Å². The molecule has 0 aliphatic heterocycles. The van der Waals surface area contributed by atoms with Crippen LogP contribution in [-0.2, 0) is 6.54 Å². The van der Waals surface area contributed by atoms with Crippen LogP contribution in [0.2, 0.25) is 0 Å². The standard InChI is InChI=1S/C21H26N2/c1-15(2)13-23-14-20(16(3)12-22)19-10-9-18(11-21(19)23)17-7-5-4-6-8-17/h4-11,14-16H,12-13,22H2,1-3H3. The lowest BCUT2D eigenvalue weighted by molar-refractivity contribution is 0.533. The van der Waals surface area contributed by atoms with Crippen molar-refractivity contribution >= 4 is 10.9 Å². The Hall–Kier alpha value is -2.06. The van der Waals surface area contributed by atoms with Crippen LogP contribution in [0.5, 0.6) is 0 Å². The summed E-state index contributed by atoms with van der Waals surface area (Å²) in [6, 6.07) is 17.4. The normalized spacial score (nSPS) is 12.9. The zero-order chi connectivity index (χ0) is 16.4. The molecule has 3 aromatic rings. The predicted octanol–water partition coefficient (Wildman–Crippen LogP) is 5.03. The molecule has 23 heavy (non-hydrogen) atoms. The molecule has 1 heterocycles. The van der Waals surface area contributed by atoms with Crippen LogP contribution in [0.25, 0.3) is 22.0 Å². The predicted molar refractivity (Wildman–Crippen MR) is 99.7 cm³/mol. The fraction of sp³-hybridized carbons (Fsp3) is 0.333. The van der Waals surface area contributed by atoms with Crippen LogP contribution in [0.3, 0.4) is 0 Å². The van der Waals surface area contributed by atoms with E-state index in [1.165, 1.54) is 27.6 Å². The second kappa shape index (κ2) is 6.59. The van der Waals surface area contributed by atoms with E-state index in [4.69, 9.17) is 5.73 Å². The second-order valence-corrected chi connectivity index (χ2v) is 6.87. The van der Waals surface area contributed by atoms with Crippen LogP contribution >= 0.6 is 0 Å². The maximum absolute atomic E-state index is 5.92. The summed E-state index contributed by atoms with van der Waals surface area (Å²) in [5.41, 5.74) is 11.1. The SMILES string of the molecule is CC(C)Cn1cc(C(C)CN)c2ccc(-c3ccccc3)cc21. The van der Waals surface area contributed by atoms with E-state index in [1.54, 1.807) is 0 Å². The molecule has 0 saturated carbocycles. The summed E-state index contributed by atoms with van der Waals surface area (Å²) in [6.45, 7) is 8.45. The number of nitrogens with two attached hydrogens (primary N) is 1. The Balaban J connectivity index is 2.16. The van der Waals surface area contributed by atoms with Gasteiger partial charge in [0.2, 0.25) is 0 Å². The molecule has 2 aromatic carbocycles. The molecule has 1 atom stereocenters. The van der Waals surface area contributed by atoms with Gasteiger partial charge in [-0.05, 0) is 41.1 Å². The molecule has 120 valence electrons. The van der Waals surface area contributed by atoms with Crippen molar-refractivity contribution in [3.63, 3.8) is 0 Å². The quantitative estimate of drug-likeness (QED) is 0.704. The molecule has 2 N–H and O–H groups in total. The number of hydrogen-bond donors (Lipinski definition) is 1. The van der Waals surface area contributed by atoms with Gasteiger partial charge in [0.1, 0.15) is 0 Å². The van der Waals surface area contributed by atoms with Crippen LogP contribution in [0.15, 0.2) is 54.7 Å². The van der Waals surface area contributed by atoms with E-state index in [0.29, 0.717) is 18.4 Å². The van der Waals surface area contributed by atoms with Crippen LogP contribution in [-0.4, -0.2) is 11.1 Å². The van der Waals surface area contributed by atoms with Crippen molar-refractivity contribution in [1.29, 1.82) is 0 Å². The van der Waals surface area contributed by atoms with E-state index in [1.807, 2.05) is 0 Å². The highest BCUT2D eigenvalue weighted by atomic mass is 15.0. The molecule has 3 rings (SSSR count). The second-order valence-electron chi connectivity index (χ2n) is 6.87. The summed E-state index contributed by atoms with van der Waals surface area (Å²) in [4.78, 5) is 0. The van der Waals surface area contributed by atoms with Crippen molar-refractivity contribution in [3.05, 3.63) is 60.3 Å². The van der Waals surface area contributed by atoms with Crippen molar-refractivity contribution in [1.82, 2.24) is 4.57 Å². The Morgan fingerprint density at radius 2 is 1.70 bits per heavy atom. The number of hydrogen-bond acceptors (Lipinski definition) is 1. The molecule has 0 fully saturated rings. The summed E-state index contributed by atoms with van der Waals surface area (Å²) in [7, 11) is 0. The molecule has 2 heteroatoms. The maximum atomic E-state index is 5.92. The molecule has 0 aliphatic carbocycles. The van der Waals surface area contributed by atoms with E-state index in [-0.39, 0.29) is 0 Å². The van der Waals surface area contributed by atoms with Crippen LogP contribution in [0.1, 0.15) is 32.3 Å². The van der Waals surface area contributed by atoms with Gasteiger partial charge in [-0.1, -0.05) is 63.2 Å². The number of aromatic nitrogens is 1. The van der Waals surface area contributed by atoms with Crippen molar-refractivity contribution in [2.24, 2.45) is 11.7 Å². The fourth-order valence-electron chi connectivity index (χ4n) is 3.19. The van der Waals surface area contributed by atoms with Crippen molar-refractivity contribution in [3.8, 4) is 11.1 Å². The van der Waals surface area contributed by atoms with Crippen LogP contribution < -0.4 is 5.73 Å². The summed E-state index contributed by atoms with van der Waals surface area (Å²) < 4.78 is 2.40.